The first-order valence-electron chi connectivity index (χ1n) is 7.84. The van der Waals surface area contributed by atoms with Gasteiger partial charge < -0.3 is 10.6 Å². The molecule has 1 aliphatic carbocycles. The van der Waals surface area contributed by atoms with E-state index in [1.807, 2.05) is 19.1 Å². The molecule has 0 spiro atoms. The molecule has 1 aliphatic rings. The van der Waals surface area contributed by atoms with Crippen molar-refractivity contribution in [1.29, 1.82) is 5.26 Å². The number of nitrogens with zero attached hydrogens (tertiary/aromatic N) is 1. The Hall–Kier alpha value is -2.84. The van der Waals surface area contributed by atoms with Gasteiger partial charge in [-0.25, -0.2) is 0 Å². The highest BCUT2D eigenvalue weighted by molar-refractivity contribution is 6.31. The first-order chi connectivity index (χ1) is 11.9. The number of nitriles is 1. The van der Waals surface area contributed by atoms with Crippen molar-refractivity contribution in [2.75, 3.05) is 10.6 Å². The van der Waals surface area contributed by atoms with Gasteiger partial charge in [-0.1, -0.05) is 17.7 Å². The van der Waals surface area contributed by atoms with Crippen LogP contribution in [0.2, 0.25) is 5.02 Å². The lowest BCUT2D eigenvalue weighted by Gasteiger charge is -2.16. The summed E-state index contributed by atoms with van der Waals surface area (Å²) in [5.74, 6) is -0.675. The molecule has 0 aliphatic heterocycles. The Kier molecular flexibility index (Phi) is 4.47. The van der Waals surface area contributed by atoms with Crippen LogP contribution in [0, 0.1) is 23.7 Å². The number of hydrogen-bond acceptors (Lipinski definition) is 3. The van der Waals surface area contributed by atoms with Gasteiger partial charge >= 0.3 is 0 Å². The average molecular weight is 354 g/mol. The molecule has 25 heavy (non-hydrogen) atoms. The van der Waals surface area contributed by atoms with Crippen LogP contribution in [-0.2, 0) is 9.59 Å². The van der Waals surface area contributed by atoms with Crippen LogP contribution in [0.15, 0.2) is 42.5 Å². The molecule has 2 aromatic carbocycles. The molecule has 1 fully saturated rings. The summed E-state index contributed by atoms with van der Waals surface area (Å²) < 4.78 is 0. The molecule has 2 aromatic rings. The summed E-state index contributed by atoms with van der Waals surface area (Å²) >= 11 is 6.07. The fourth-order valence-electron chi connectivity index (χ4n) is 2.48. The van der Waals surface area contributed by atoms with E-state index in [0.29, 0.717) is 34.8 Å². The normalized spacial score (nSPS) is 14.3. The first kappa shape index (κ1) is 17.0. The van der Waals surface area contributed by atoms with Crippen molar-refractivity contribution < 1.29 is 9.59 Å². The molecule has 1 saturated carbocycles. The summed E-state index contributed by atoms with van der Waals surface area (Å²) in [6, 6.07) is 13.8. The number of hydrogen-bond donors (Lipinski definition) is 2. The summed E-state index contributed by atoms with van der Waals surface area (Å²) in [5.41, 5.74) is 1.50. The fraction of sp³-hybridized carbons (Fsp3) is 0.211. The van der Waals surface area contributed by atoms with Gasteiger partial charge in [-0.15, -0.1) is 0 Å². The van der Waals surface area contributed by atoms with Crippen molar-refractivity contribution in [3.8, 4) is 6.07 Å². The Morgan fingerprint density at radius 1 is 1.04 bits per heavy atom. The minimum atomic E-state index is -1.05. The molecule has 0 radical (unpaired) electrons. The van der Waals surface area contributed by atoms with E-state index < -0.39 is 5.41 Å². The predicted octanol–water partition coefficient (Wildman–Crippen LogP) is 3.88. The van der Waals surface area contributed by atoms with E-state index in [1.54, 1.807) is 36.4 Å². The molecule has 2 amide bonds. The van der Waals surface area contributed by atoms with Crippen LogP contribution < -0.4 is 10.6 Å². The van der Waals surface area contributed by atoms with Crippen molar-refractivity contribution in [3.63, 3.8) is 0 Å². The molecule has 3 rings (SSSR count). The topological polar surface area (TPSA) is 82.0 Å². The number of anilines is 2. The average Bonchev–Trinajstić information content (AvgIpc) is 3.41. The highest BCUT2D eigenvalue weighted by Gasteiger charge is 2.56. The lowest BCUT2D eigenvalue weighted by atomic mass is 10.0. The van der Waals surface area contributed by atoms with Gasteiger partial charge in [0.25, 0.3) is 0 Å². The third kappa shape index (κ3) is 3.49. The number of halogens is 1. The van der Waals surface area contributed by atoms with Crippen LogP contribution >= 0.6 is 11.6 Å². The number of aryl methyl sites for hydroxylation is 1. The van der Waals surface area contributed by atoms with Gasteiger partial charge in [-0.2, -0.15) is 5.26 Å². The zero-order valence-electron chi connectivity index (χ0n) is 13.6. The summed E-state index contributed by atoms with van der Waals surface area (Å²) in [6.45, 7) is 1.88. The first-order valence-corrected chi connectivity index (χ1v) is 8.22. The van der Waals surface area contributed by atoms with E-state index in [2.05, 4.69) is 10.6 Å². The van der Waals surface area contributed by atoms with E-state index in [9.17, 15) is 9.59 Å². The summed E-state index contributed by atoms with van der Waals surface area (Å²) in [6.07, 6.45) is 1.00. The van der Waals surface area contributed by atoms with Gasteiger partial charge in [0.1, 0.15) is 5.41 Å². The van der Waals surface area contributed by atoms with E-state index >= 15 is 0 Å². The number of carbonyl (C=O) groups is 2. The minimum Gasteiger partial charge on any atom is -0.325 e. The predicted molar refractivity (Wildman–Crippen MR) is 96.3 cm³/mol. The number of carbonyl (C=O) groups excluding carboxylic acids is 2. The number of amides is 2. The highest BCUT2D eigenvalue weighted by atomic mass is 35.5. The molecule has 0 saturated heterocycles. The smallest absolute Gasteiger partial charge is 0.240 e. The van der Waals surface area contributed by atoms with E-state index in [-0.39, 0.29) is 11.8 Å². The Labute approximate surface area is 150 Å². The Balaban J connectivity index is 1.69. The van der Waals surface area contributed by atoms with Crippen LogP contribution in [0.3, 0.4) is 0 Å². The van der Waals surface area contributed by atoms with Crippen LogP contribution in [0.4, 0.5) is 11.4 Å². The molecule has 126 valence electrons. The van der Waals surface area contributed by atoms with E-state index in [4.69, 9.17) is 16.9 Å². The molecule has 5 nitrogen and oxygen atoms in total. The molecule has 2 N–H and O–H groups in total. The molecule has 0 heterocycles. The van der Waals surface area contributed by atoms with Crippen molar-refractivity contribution >= 4 is 34.8 Å². The zero-order chi connectivity index (χ0) is 18.0. The fourth-order valence-corrected chi connectivity index (χ4v) is 2.66. The molecule has 0 bridgehead atoms. The molecule has 0 unspecified atom stereocenters. The lowest BCUT2D eigenvalue weighted by Crippen LogP contribution is -2.35. The van der Waals surface area contributed by atoms with Crippen LogP contribution in [0.1, 0.15) is 24.0 Å². The van der Waals surface area contributed by atoms with Crippen LogP contribution in [0.5, 0.6) is 0 Å². The molecule has 0 atom stereocenters. The third-order valence-corrected chi connectivity index (χ3v) is 4.73. The SMILES string of the molecule is Cc1ccc(NC(=O)C2(C(=O)Nc3ccc(C#N)cc3)CC2)cc1Cl. The maximum Gasteiger partial charge on any atom is 0.240 e. The maximum absolute atomic E-state index is 12.6. The molecular weight excluding hydrogens is 338 g/mol. The van der Waals surface area contributed by atoms with Crippen LogP contribution in [0.25, 0.3) is 0 Å². The number of nitrogens with one attached hydrogen (secondary N) is 2. The quantitative estimate of drug-likeness (QED) is 0.818. The summed E-state index contributed by atoms with van der Waals surface area (Å²) in [5, 5.41) is 14.9. The minimum absolute atomic E-state index is 0.335. The van der Waals surface area contributed by atoms with Gasteiger partial charge in [0.2, 0.25) is 11.8 Å². The summed E-state index contributed by atoms with van der Waals surface area (Å²) in [7, 11) is 0. The number of benzene rings is 2. The van der Waals surface area contributed by atoms with E-state index in [0.717, 1.165) is 5.56 Å². The lowest BCUT2D eigenvalue weighted by molar-refractivity contribution is -0.131. The number of rotatable bonds is 4. The van der Waals surface area contributed by atoms with Gasteiger partial charge in [0, 0.05) is 16.4 Å². The largest absolute Gasteiger partial charge is 0.325 e. The maximum atomic E-state index is 12.6. The Morgan fingerprint density at radius 2 is 1.60 bits per heavy atom. The van der Waals surface area contributed by atoms with Gasteiger partial charge in [0.15, 0.2) is 0 Å². The Morgan fingerprint density at radius 3 is 2.12 bits per heavy atom. The van der Waals surface area contributed by atoms with Crippen molar-refractivity contribution in [3.05, 3.63) is 58.6 Å². The molecular formula is C19H16ClN3O2. The summed E-state index contributed by atoms with van der Waals surface area (Å²) in [4.78, 5) is 25.1. The van der Waals surface area contributed by atoms with Gasteiger partial charge in [0.05, 0.1) is 11.6 Å². The van der Waals surface area contributed by atoms with Gasteiger partial charge in [-0.3, -0.25) is 9.59 Å². The Bertz CT molecular complexity index is 881. The third-order valence-electron chi connectivity index (χ3n) is 4.32. The zero-order valence-corrected chi connectivity index (χ0v) is 14.4. The van der Waals surface area contributed by atoms with Crippen molar-refractivity contribution in [2.45, 2.75) is 19.8 Å². The molecule has 0 aromatic heterocycles. The van der Waals surface area contributed by atoms with Crippen molar-refractivity contribution in [1.82, 2.24) is 0 Å². The standard InChI is InChI=1S/C19H16ClN3O2/c1-12-2-5-15(10-16(12)20)23-18(25)19(8-9-19)17(24)22-14-6-3-13(11-21)4-7-14/h2-7,10H,8-9H2,1H3,(H,22,24)(H,23,25). The van der Waals surface area contributed by atoms with Crippen LogP contribution in [-0.4, -0.2) is 11.8 Å². The second kappa shape index (κ2) is 6.58. The van der Waals surface area contributed by atoms with Gasteiger partial charge in [-0.05, 0) is 61.7 Å². The van der Waals surface area contributed by atoms with E-state index in [1.165, 1.54) is 0 Å². The second-order valence-electron chi connectivity index (χ2n) is 6.14. The second-order valence-corrected chi connectivity index (χ2v) is 6.55. The highest BCUT2D eigenvalue weighted by Crippen LogP contribution is 2.47. The van der Waals surface area contributed by atoms with Crippen molar-refractivity contribution in [2.24, 2.45) is 5.41 Å². The monoisotopic (exact) mass is 353 g/mol. The molecule has 6 heteroatoms.